The SMILES string of the molecule is COc1cc(/C=N\NC(N)=S)ccc1OS(=O)(=O)c1cccc2ccccc12. The fraction of sp³-hybridized carbons (Fsp3) is 0.0526. The Bertz CT molecular complexity index is 1160. The number of hydrogen-bond donors (Lipinski definition) is 2. The lowest BCUT2D eigenvalue weighted by Crippen LogP contribution is -2.23. The summed E-state index contributed by atoms with van der Waals surface area (Å²) in [6.07, 6.45) is 1.46. The van der Waals surface area contributed by atoms with Crippen LogP contribution >= 0.6 is 12.2 Å². The van der Waals surface area contributed by atoms with E-state index in [4.69, 9.17) is 14.7 Å². The molecule has 0 heterocycles. The average Bonchev–Trinajstić information content (AvgIpc) is 2.68. The molecule has 0 aliphatic rings. The van der Waals surface area contributed by atoms with Crippen molar-refractivity contribution >= 4 is 44.4 Å². The smallest absolute Gasteiger partial charge is 0.339 e. The second kappa shape index (κ2) is 8.24. The molecule has 144 valence electrons. The van der Waals surface area contributed by atoms with Crippen molar-refractivity contribution in [1.82, 2.24) is 5.43 Å². The van der Waals surface area contributed by atoms with E-state index in [0.717, 1.165) is 5.39 Å². The van der Waals surface area contributed by atoms with Crippen LogP contribution in [0.1, 0.15) is 5.56 Å². The van der Waals surface area contributed by atoms with Gasteiger partial charge in [0.1, 0.15) is 4.90 Å². The zero-order valence-electron chi connectivity index (χ0n) is 14.8. The number of ether oxygens (including phenoxy) is 1. The van der Waals surface area contributed by atoms with Crippen molar-refractivity contribution in [2.45, 2.75) is 4.90 Å². The van der Waals surface area contributed by atoms with Crippen LogP contribution in [0, 0.1) is 0 Å². The van der Waals surface area contributed by atoms with E-state index in [1.165, 1.54) is 25.5 Å². The number of benzene rings is 3. The number of nitrogens with two attached hydrogens (primary N) is 1. The highest BCUT2D eigenvalue weighted by Crippen LogP contribution is 2.32. The lowest BCUT2D eigenvalue weighted by molar-refractivity contribution is 0.390. The van der Waals surface area contributed by atoms with Crippen molar-refractivity contribution in [2.24, 2.45) is 10.8 Å². The summed E-state index contributed by atoms with van der Waals surface area (Å²) in [5.74, 6) is 0.304. The van der Waals surface area contributed by atoms with Gasteiger partial charge in [0, 0.05) is 5.39 Å². The Balaban J connectivity index is 1.93. The van der Waals surface area contributed by atoms with Crippen LogP contribution < -0.4 is 20.1 Å². The lowest BCUT2D eigenvalue weighted by Gasteiger charge is -2.12. The van der Waals surface area contributed by atoms with Crippen molar-refractivity contribution in [3.05, 3.63) is 66.2 Å². The molecule has 0 saturated carbocycles. The summed E-state index contributed by atoms with van der Waals surface area (Å²) >= 11 is 4.66. The lowest BCUT2D eigenvalue weighted by atomic mass is 10.1. The molecule has 0 aliphatic carbocycles. The Morgan fingerprint density at radius 1 is 1.11 bits per heavy atom. The van der Waals surface area contributed by atoms with E-state index < -0.39 is 10.1 Å². The molecule has 7 nitrogen and oxygen atoms in total. The van der Waals surface area contributed by atoms with Gasteiger partial charge in [0.2, 0.25) is 0 Å². The van der Waals surface area contributed by atoms with Crippen molar-refractivity contribution < 1.29 is 17.3 Å². The molecule has 9 heteroatoms. The van der Waals surface area contributed by atoms with Gasteiger partial charge in [-0.2, -0.15) is 13.5 Å². The maximum Gasteiger partial charge on any atom is 0.339 e. The van der Waals surface area contributed by atoms with Crippen LogP contribution in [-0.4, -0.2) is 26.9 Å². The minimum Gasteiger partial charge on any atom is -0.493 e. The number of nitrogens with one attached hydrogen (secondary N) is 1. The van der Waals surface area contributed by atoms with Crippen LogP contribution in [-0.2, 0) is 10.1 Å². The Morgan fingerprint density at radius 3 is 2.61 bits per heavy atom. The van der Waals surface area contributed by atoms with Crippen LogP contribution in [0.15, 0.2) is 70.7 Å². The van der Waals surface area contributed by atoms with Crippen LogP contribution in [0.25, 0.3) is 10.8 Å². The molecule has 0 aromatic heterocycles. The third-order valence-corrected chi connectivity index (χ3v) is 5.18. The number of thiocarbonyl (C=S) groups is 1. The van der Waals surface area contributed by atoms with Gasteiger partial charge in [0.15, 0.2) is 16.6 Å². The second-order valence-electron chi connectivity index (χ2n) is 5.66. The number of hydrazone groups is 1. The van der Waals surface area contributed by atoms with E-state index in [1.54, 1.807) is 30.3 Å². The topological polar surface area (TPSA) is 103 Å². The summed E-state index contributed by atoms with van der Waals surface area (Å²) in [4.78, 5) is 0.0824. The van der Waals surface area contributed by atoms with Gasteiger partial charge in [-0.15, -0.1) is 0 Å². The number of nitrogens with zero attached hydrogens (tertiary/aromatic N) is 1. The van der Waals surface area contributed by atoms with Gasteiger partial charge in [0.25, 0.3) is 0 Å². The van der Waals surface area contributed by atoms with Gasteiger partial charge in [-0.05, 0) is 47.4 Å². The molecular formula is C19H17N3O4S2. The van der Waals surface area contributed by atoms with E-state index >= 15 is 0 Å². The Hall–Kier alpha value is -3.17. The number of methoxy groups -OCH3 is 1. The first-order valence-electron chi connectivity index (χ1n) is 8.09. The Morgan fingerprint density at radius 2 is 1.86 bits per heavy atom. The van der Waals surface area contributed by atoms with Crippen molar-refractivity contribution in [3.63, 3.8) is 0 Å². The van der Waals surface area contributed by atoms with Crippen LogP contribution in [0.4, 0.5) is 0 Å². The monoisotopic (exact) mass is 415 g/mol. The fourth-order valence-corrected chi connectivity index (χ4v) is 3.80. The molecule has 0 radical (unpaired) electrons. The zero-order chi connectivity index (χ0) is 20.1. The number of rotatable bonds is 6. The van der Waals surface area contributed by atoms with Gasteiger partial charge >= 0.3 is 10.1 Å². The molecule has 0 atom stereocenters. The first-order valence-corrected chi connectivity index (χ1v) is 9.91. The largest absolute Gasteiger partial charge is 0.493 e. The Kier molecular flexibility index (Phi) is 5.76. The van der Waals surface area contributed by atoms with Crippen molar-refractivity contribution in [3.8, 4) is 11.5 Å². The minimum absolute atomic E-state index is 0.0318. The van der Waals surface area contributed by atoms with Crippen LogP contribution in [0.3, 0.4) is 0 Å². The van der Waals surface area contributed by atoms with Crippen LogP contribution in [0.2, 0.25) is 0 Å². The third-order valence-electron chi connectivity index (χ3n) is 3.79. The molecule has 0 bridgehead atoms. The maximum atomic E-state index is 12.9. The van der Waals surface area contributed by atoms with E-state index in [-0.39, 0.29) is 21.5 Å². The second-order valence-corrected chi connectivity index (χ2v) is 7.61. The molecule has 3 N–H and O–H groups in total. The predicted octanol–water partition coefficient (Wildman–Crippen LogP) is 2.78. The summed E-state index contributed by atoms with van der Waals surface area (Å²) in [6, 6.07) is 16.9. The van der Waals surface area contributed by atoms with E-state index in [0.29, 0.717) is 10.9 Å². The molecular weight excluding hydrogens is 398 g/mol. The zero-order valence-corrected chi connectivity index (χ0v) is 16.5. The maximum absolute atomic E-state index is 12.9. The third kappa shape index (κ3) is 4.38. The summed E-state index contributed by atoms with van der Waals surface area (Å²) in [6.45, 7) is 0. The summed E-state index contributed by atoms with van der Waals surface area (Å²) in [5, 5.41) is 5.26. The standard InChI is InChI=1S/C19H17N3O4S2/c1-25-17-11-13(12-21-22-19(20)27)9-10-16(17)26-28(23,24)18-8-4-6-14-5-2-3-7-15(14)18/h2-12H,1H3,(H3,20,22,27)/b21-12-. The number of hydrogen-bond acceptors (Lipinski definition) is 6. The quantitative estimate of drug-likeness (QED) is 0.276. The molecule has 0 saturated heterocycles. The van der Waals surface area contributed by atoms with Crippen molar-refractivity contribution in [2.75, 3.05) is 7.11 Å². The average molecular weight is 415 g/mol. The van der Waals surface area contributed by atoms with Crippen molar-refractivity contribution in [1.29, 1.82) is 0 Å². The predicted molar refractivity (Wildman–Crippen MR) is 112 cm³/mol. The molecule has 0 aliphatic heterocycles. The van der Waals surface area contributed by atoms with Gasteiger partial charge in [-0.25, -0.2) is 0 Å². The molecule has 3 aromatic carbocycles. The summed E-state index contributed by atoms with van der Waals surface area (Å²) < 4.78 is 36.4. The normalized spacial score (nSPS) is 11.5. The van der Waals surface area contributed by atoms with Gasteiger partial charge in [-0.1, -0.05) is 36.4 Å². The first-order chi connectivity index (χ1) is 13.4. The first kappa shape index (κ1) is 19.6. The molecule has 3 aromatic rings. The van der Waals surface area contributed by atoms with E-state index in [9.17, 15) is 8.42 Å². The Labute approximate surface area is 167 Å². The molecule has 3 rings (SSSR count). The summed E-state index contributed by atoms with van der Waals surface area (Å²) in [7, 11) is -2.66. The molecule has 0 spiro atoms. The fourth-order valence-electron chi connectivity index (χ4n) is 2.58. The van der Waals surface area contributed by atoms with Crippen LogP contribution in [0.5, 0.6) is 11.5 Å². The molecule has 28 heavy (non-hydrogen) atoms. The molecule has 0 fully saturated rings. The van der Waals surface area contributed by atoms with Gasteiger partial charge < -0.3 is 14.7 Å². The number of fused-ring (bicyclic) bond motifs is 1. The highest BCUT2D eigenvalue weighted by molar-refractivity contribution is 7.87. The molecule has 0 unspecified atom stereocenters. The highest BCUT2D eigenvalue weighted by atomic mass is 32.2. The highest BCUT2D eigenvalue weighted by Gasteiger charge is 2.21. The van der Waals surface area contributed by atoms with E-state index in [1.807, 2.05) is 18.2 Å². The van der Waals surface area contributed by atoms with E-state index in [2.05, 4.69) is 22.7 Å². The minimum atomic E-state index is -4.07. The van der Waals surface area contributed by atoms with Gasteiger partial charge in [0.05, 0.1) is 13.3 Å². The molecule has 0 amide bonds. The summed E-state index contributed by atoms with van der Waals surface area (Å²) in [5.41, 5.74) is 8.36. The van der Waals surface area contributed by atoms with Gasteiger partial charge in [-0.3, -0.25) is 5.43 Å².